The fraction of sp³-hybridized carbons (Fsp3) is 0.400. The first-order valence-electron chi connectivity index (χ1n) is 8.74. The van der Waals surface area contributed by atoms with Crippen LogP contribution in [0.5, 0.6) is 11.5 Å². The molecule has 2 aliphatic heterocycles. The first-order chi connectivity index (χ1) is 12.3. The average Bonchev–Trinajstić information content (AvgIpc) is 3.28. The second kappa shape index (κ2) is 7.42. The summed E-state index contributed by atoms with van der Waals surface area (Å²) in [6, 6.07) is 12.9. The second-order valence-corrected chi connectivity index (χ2v) is 6.58. The third-order valence-corrected chi connectivity index (χ3v) is 4.68. The maximum Gasteiger partial charge on any atom is 0.231 e. The lowest BCUT2D eigenvalue weighted by Crippen LogP contribution is -2.31. The molecule has 2 heterocycles. The number of halogens is 1. The third kappa shape index (κ3) is 3.94. The Morgan fingerprint density at radius 2 is 1.92 bits per heavy atom. The predicted octanol–water partition coefficient (Wildman–Crippen LogP) is 3.74. The van der Waals surface area contributed by atoms with E-state index < -0.39 is 0 Å². The van der Waals surface area contributed by atoms with E-state index in [2.05, 4.69) is 4.90 Å². The molecule has 1 saturated heterocycles. The molecule has 0 aliphatic carbocycles. The Morgan fingerprint density at radius 1 is 1.04 bits per heavy atom. The summed E-state index contributed by atoms with van der Waals surface area (Å²) in [6.45, 7) is 3.16. The number of hydrogen-bond donors (Lipinski definition) is 0. The van der Waals surface area contributed by atoms with Gasteiger partial charge in [-0.15, -0.1) is 0 Å². The molecule has 1 unspecified atom stereocenters. The third-order valence-electron chi connectivity index (χ3n) is 4.68. The maximum absolute atomic E-state index is 14.1. The van der Waals surface area contributed by atoms with Crippen LogP contribution in [0.2, 0.25) is 0 Å². The van der Waals surface area contributed by atoms with Crippen LogP contribution in [0.15, 0.2) is 42.5 Å². The molecule has 132 valence electrons. The zero-order chi connectivity index (χ0) is 17.1. The monoisotopic (exact) mass is 343 g/mol. The number of hydrogen-bond acceptors (Lipinski definition) is 4. The Morgan fingerprint density at radius 3 is 2.76 bits per heavy atom. The van der Waals surface area contributed by atoms with Crippen molar-refractivity contribution in [2.24, 2.45) is 0 Å². The maximum atomic E-state index is 14.1. The summed E-state index contributed by atoms with van der Waals surface area (Å²) >= 11 is 0. The molecule has 0 saturated carbocycles. The molecule has 25 heavy (non-hydrogen) atoms. The van der Waals surface area contributed by atoms with E-state index in [1.165, 1.54) is 6.07 Å². The minimum absolute atomic E-state index is 0.162. The number of rotatable bonds is 6. The van der Waals surface area contributed by atoms with Crippen molar-refractivity contribution in [2.45, 2.75) is 32.0 Å². The number of benzene rings is 2. The lowest BCUT2D eigenvalue weighted by atomic mass is 10.1. The van der Waals surface area contributed by atoms with Gasteiger partial charge in [0.1, 0.15) is 5.82 Å². The highest BCUT2D eigenvalue weighted by Crippen LogP contribution is 2.33. The van der Waals surface area contributed by atoms with Crippen LogP contribution in [0, 0.1) is 5.82 Å². The molecular weight excluding hydrogens is 321 g/mol. The Labute approximate surface area is 147 Å². The molecule has 0 radical (unpaired) electrons. The summed E-state index contributed by atoms with van der Waals surface area (Å²) in [5.74, 6) is 1.40. The van der Waals surface area contributed by atoms with Crippen molar-refractivity contribution < 1.29 is 18.6 Å². The first kappa shape index (κ1) is 16.4. The molecule has 1 fully saturated rings. The van der Waals surface area contributed by atoms with Crippen LogP contribution < -0.4 is 9.47 Å². The highest BCUT2D eigenvalue weighted by Gasteiger charge is 2.21. The Hall–Kier alpha value is -2.11. The molecule has 2 aromatic carbocycles. The van der Waals surface area contributed by atoms with Crippen molar-refractivity contribution in [1.82, 2.24) is 4.90 Å². The van der Waals surface area contributed by atoms with Gasteiger partial charge in [0.05, 0.1) is 6.10 Å². The normalized spacial score (nSPS) is 18.9. The smallest absolute Gasteiger partial charge is 0.231 e. The number of fused-ring (bicyclic) bond motifs is 1. The number of ether oxygens (including phenoxy) is 3. The van der Waals surface area contributed by atoms with Crippen LogP contribution in [-0.4, -0.2) is 30.9 Å². The van der Waals surface area contributed by atoms with Gasteiger partial charge in [-0.3, -0.25) is 4.90 Å². The van der Waals surface area contributed by atoms with Gasteiger partial charge in [-0.2, -0.15) is 0 Å². The van der Waals surface area contributed by atoms with Crippen molar-refractivity contribution in [3.63, 3.8) is 0 Å². The standard InChI is InChI=1S/C20H22FNO3/c21-18-6-2-1-4-16(18)12-22(13-17-5-3-9-23-17)11-15-7-8-19-20(10-15)25-14-24-19/h1-2,4,6-8,10,17H,3,5,9,11-14H2. The minimum Gasteiger partial charge on any atom is -0.454 e. The summed E-state index contributed by atoms with van der Waals surface area (Å²) < 4.78 is 30.7. The van der Waals surface area contributed by atoms with E-state index in [0.717, 1.165) is 43.1 Å². The van der Waals surface area contributed by atoms with Gasteiger partial charge in [0.2, 0.25) is 6.79 Å². The lowest BCUT2D eigenvalue weighted by molar-refractivity contribution is 0.0675. The van der Waals surface area contributed by atoms with Gasteiger partial charge in [0.25, 0.3) is 0 Å². The first-order valence-corrected chi connectivity index (χ1v) is 8.74. The highest BCUT2D eigenvalue weighted by molar-refractivity contribution is 5.44. The lowest BCUT2D eigenvalue weighted by Gasteiger charge is -2.25. The second-order valence-electron chi connectivity index (χ2n) is 6.58. The summed E-state index contributed by atoms with van der Waals surface area (Å²) in [5.41, 5.74) is 1.83. The summed E-state index contributed by atoms with van der Waals surface area (Å²) in [7, 11) is 0. The molecule has 4 rings (SSSR count). The van der Waals surface area contributed by atoms with Gasteiger partial charge in [-0.25, -0.2) is 4.39 Å². The molecule has 4 nitrogen and oxygen atoms in total. The Balaban J connectivity index is 1.51. The van der Waals surface area contributed by atoms with Gasteiger partial charge >= 0.3 is 0 Å². The van der Waals surface area contributed by atoms with E-state index in [9.17, 15) is 4.39 Å². The summed E-state index contributed by atoms with van der Waals surface area (Å²) in [5, 5.41) is 0. The van der Waals surface area contributed by atoms with Crippen molar-refractivity contribution >= 4 is 0 Å². The molecule has 1 atom stereocenters. The van der Waals surface area contributed by atoms with E-state index in [0.29, 0.717) is 18.7 Å². The zero-order valence-electron chi connectivity index (χ0n) is 14.1. The summed E-state index contributed by atoms with van der Waals surface area (Å²) in [6.07, 6.45) is 2.39. The molecule has 5 heteroatoms. The van der Waals surface area contributed by atoms with E-state index in [1.54, 1.807) is 6.07 Å². The van der Waals surface area contributed by atoms with Crippen LogP contribution in [0.1, 0.15) is 24.0 Å². The molecule has 2 aromatic rings. The zero-order valence-corrected chi connectivity index (χ0v) is 14.1. The predicted molar refractivity (Wildman–Crippen MR) is 92.1 cm³/mol. The fourth-order valence-electron chi connectivity index (χ4n) is 3.43. The Bertz CT molecular complexity index is 731. The van der Waals surface area contributed by atoms with Gasteiger partial charge in [0, 0.05) is 31.8 Å². The largest absolute Gasteiger partial charge is 0.454 e. The quantitative estimate of drug-likeness (QED) is 0.800. The van der Waals surface area contributed by atoms with Crippen LogP contribution in [0.25, 0.3) is 0 Å². The van der Waals surface area contributed by atoms with Gasteiger partial charge in [-0.1, -0.05) is 24.3 Å². The molecule has 0 N–H and O–H groups in total. The van der Waals surface area contributed by atoms with E-state index in [1.807, 2.05) is 30.3 Å². The molecule has 2 aliphatic rings. The highest BCUT2D eigenvalue weighted by atomic mass is 19.1. The van der Waals surface area contributed by atoms with Crippen LogP contribution in [0.4, 0.5) is 4.39 Å². The average molecular weight is 343 g/mol. The SMILES string of the molecule is Fc1ccccc1CN(Cc1ccc2c(c1)OCO2)CC1CCCO1. The molecule has 0 spiro atoms. The van der Waals surface area contributed by atoms with Crippen molar-refractivity contribution in [2.75, 3.05) is 19.9 Å². The van der Waals surface area contributed by atoms with E-state index in [-0.39, 0.29) is 18.7 Å². The van der Waals surface area contributed by atoms with Gasteiger partial charge < -0.3 is 14.2 Å². The Kier molecular flexibility index (Phi) is 4.85. The molecule has 0 amide bonds. The van der Waals surface area contributed by atoms with Crippen LogP contribution in [-0.2, 0) is 17.8 Å². The minimum atomic E-state index is -0.162. The molecular formula is C20H22FNO3. The van der Waals surface area contributed by atoms with Crippen LogP contribution >= 0.6 is 0 Å². The van der Waals surface area contributed by atoms with E-state index in [4.69, 9.17) is 14.2 Å². The summed E-state index contributed by atoms with van der Waals surface area (Å²) in [4.78, 5) is 2.24. The van der Waals surface area contributed by atoms with Gasteiger partial charge in [-0.05, 0) is 36.6 Å². The van der Waals surface area contributed by atoms with Gasteiger partial charge in [0.15, 0.2) is 11.5 Å². The van der Waals surface area contributed by atoms with Crippen molar-refractivity contribution in [3.05, 3.63) is 59.4 Å². The fourth-order valence-corrected chi connectivity index (χ4v) is 3.43. The number of nitrogens with zero attached hydrogens (tertiary/aromatic N) is 1. The topological polar surface area (TPSA) is 30.9 Å². The van der Waals surface area contributed by atoms with Crippen LogP contribution in [0.3, 0.4) is 0 Å². The molecule has 0 aromatic heterocycles. The van der Waals surface area contributed by atoms with Crippen molar-refractivity contribution in [1.29, 1.82) is 0 Å². The molecule has 0 bridgehead atoms. The van der Waals surface area contributed by atoms with E-state index >= 15 is 0 Å². The van der Waals surface area contributed by atoms with Crippen molar-refractivity contribution in [3.8, 4) is 11.5 Å².